The normalized spacial score (nSPS) is 16.9. The Morgan fingerprint density at radius 1 is 0.737 bits per heavy atom. The van der Waals surface area contributed by atoms with Crippen molar-refractivity contribution in [2.75, 3.05) is 39.3 Å². The molecule has 5 nitrogen and oxygen atoms in total. The second-order valence-electron chi connectivity index (χ2n) is 9.45. The maximum atomic E-state index is 13.2. The van der Waals surface area contributed by atoms with Crippen molar-refractivity contribution in [3.63, 3.8) is 0 Å². The Kier molecular flexibility index (Phi) is 7.40. The summed E-state index contributed by atoms with van der Waals surface area (Å²) >= 11 is 12.1. The summed E-state index contributed by atoms with van der Waals surface area (Å²) < 4.78 is 39.7. The zero-order valence-corrected chi connectivity index (χ0v) is 21.7. The third-order valence-electron chi connectivity index (χ3n) is 7.09. The summed E-state index contributed by atoms with van der Waals surface area (Å²) in [7, 11) is 0. The molecule has 0 aliphatic carbocycles. The molecule has 38 heavy (non-hydrogen) atoms. The fraction of sp³-hybridized carbons (Fsp3) is 0.286. The number of amides is 2. The Morgan fingerprint density at radius 2 is 1.37 bits per heavy atom. The summed E-state index contributed by atoms with van der Waals surface area (Å²) in [5.41, 5.74) is 0.817. The molecular weight excluding hydrogens is 538 g/mol. The maximum Gasteiger partial charge on any atom is 0.417 e. The SMILES string of the molecule is O=C(c1ccccc1)N1CCN(C2CN(C(=O)c3ccc(-c4ccc(Cl)c(C(F)(F)F)c4)cc3Cl)C2)CC1. The van der Waals surface area contributed by atoms with Crippen molar-refractivity contribution in [2.24, 2.45) is 0 Å². The van der Waals surface area contributed by atoms with Crippen LogP contribution in [0.2, 0.25) is 10.0 Å². The average Bonchev–Trinajstić information content (AvgIpc) is 2.88. The highest BCUT2D eigenvalue weighted by molar-refractivity contribution is 6.34. The van der Waals surface area contributed by atoms with E-state index in [2.05, 4.69) is 4.90 Å². The summed E-state index contributed by atoms with van der Waals surface area (Å²) in [5.74, 6) is -0.190. The molecule has 0 N–H and O–H groups in total. The van der Waals surface area contributed by atoms with E-state index in [1.54, 1.807) is 17.0 Å². The van der Waals surface area contributed by atoms with E-state index in [1.807, 2.05) is 35.2 Å². The van der Waals surface area contributed by atoms with Crippen LogP contribution in [-0.4, -0.2) is 71.8 Å². The number of benzene rings is 3. The molecule has 0 unspecified atom stereocenters. The molecule has 0 radical (unpaired) electrons. The van der Waals surface area contributed by atoms with Gasteiger partial charge in [0.15, 0.2) is 0 Å². The van der Waals surface area contributed by atoms with E-state index in [9.17, 15) is 22.8 Å². The van der Waals surface area contributed by atoms with E-state index in [0.29, 0.717) is 48.4 Å². The largest absolute Gasteiger partial charge is 0.417 e. The van der Waals surface area contributed by atoms with Crippen LogP contribution in [-0.2, 0) is 6.18 Å². The van der Waals surface area contributed by atoms with Gasteiger partial charge in [-0.1, -0.05) is 53.5 Å². The van der Waals surface area contributed by atoms with Crippen molar-refractivity contribution < 1.29 is 22.8 Å². The van der Waals surface area contributed by atoms with Crippen LogP contribution in [0.25, 0.3) is 11.1 Å². The van der Waals surface area contributed by atoms with Gasteiger partial charge in [-0.2, -0.15) is 13.2 Å². The van der Waals surface area contributed by atoms with E-state index in [-0.39, 0.29) is 27.9 Å². The zero-order chi connectivity index (χ0) is 27.0. The van der Waals surface area contributed by atoms with Crippen molar-refractivity contribution in [1.82, 2.24) is 14.7 Å². The summed E-state index contributed by atoms with van der Waals surface area (Å²) in [6.07, 6.45) is -4.58. The van der Waals surface area contributed by atoms with Crippen LogP contribution in [0.4, 0.5) is 13.2 Å². The quantitative estimate of drug-likeness (QED) is 0.394. The summed E-state index contributed by atoms with van der Waals surface area (Å²) in [4.78, 5) is 31.6. The molecule has 3 aromatic carbocycles. The van der Waals surface area contributed by atoms with Crippen molar-refractivity contribution in [3.8, 4) is 11.1 Å². The molecule has 10 heteroatoms. The number of hydrogen-bond acceptors (Lipinski definition) is 3. The number of carbonyl (C=O) groups excluding carboxylic acids is 2. The third-order valence-corrected chi connectivity index (χ3v) is 7.73. The lowest BCUT2D eigenvalue weighted by molar-refractivity contribution is -0.137. The van der Waals surface area contributed by atoms with Crippen LogP contribution >= 0.6 is 23.2 Å². The van der Waals surface area contributed by atoms with Gasteiger partial charge in [0, 0.05) is 50.9 Å². The number of carbonyl (C=O) groups is 2. The molecule has 0 aromatic heterocycles. The lowest BCUT2D eigenvalue weighted by Crippen LogP contribution is -2.64. The summed E-state index contributed by atoms with van der Waals surface area (Å²) in [6.45, 7) is 3.84. The lowest BCUT2D eigenvalue weighted by atomic mass is 9.99. The van der Waals surface area contributed by atoms with Crippen LogP contribution in [0.15, 0.2) is 66.7 Å². The first kappa shape index (κ1) is 26.5. The molecule has 0 atom stereocenters. The number of halogens is 5. The van der Waals surface area contributed by atoms with Crippen molar-refractivity contribution >= 4 is 35.0 Å². The van der Waals surface area contributed by atoms with E-state index < -0.39 is 11.7 Å². The molecule has 3 aromatic rings. The van der Waals surface area contributed by atoms with Crippen LogP contribution in [0.3, 0.4) is 0 Å². The van der Waals surface area contributed by atoms with Crippen molar-refractivity contribution in [3.05, 3.63) is 93.5 Å². The summed E-state index contributed by atoms with van der Waals surface area (Å²) in [6, 6.07) is 17.7. The van der Waals surface area contributed by atoms with Crippen molar-refractivity contribution in [2.45, 2.75) is 12.2 Å². The maximum absolute atomic E-state index is 13.2. The van der Waals surface area contributed by atoms with E-state index >= 15 is 0 Å². The molecule has 5 rings (SSSR count). The second-order valence-corrected chi connectivity index (χ2v) is 10.3. The topological polar surface area (TPSA) is 43.9 Å². The Bertz CT molecular complexity index is 1350. The van der Waals surface area contributed by atoms with Gasteiger partial charge in [-0.15, -0.1) is 0 Å². The lowest BCUT2D eigenvalue weighted by Gasteiger charge is -2.48. The molecule has 0 spiro atoms. The molecule has 0 bridgehead atoms. The van der Waals surface area contributed by atoms with Crippen molar-refractivity contribution in [1.29, 1.82) is 0 Å². The number of likely N-dealkylation sites (tertiary alicyclic amines) is 1. The monoisotopic (exact) mass is 561 g/mol. The molecule has 2 aliphatic rings. The molecule has 2 fully saturated rings. The molecule has 0 saturated carbocycles. The Labute approximate surface area is 228 Å². The fourth-order valence-electron chi connectivity index (χ4n) is 4.87. The molecule has 2 aliphatic heterocycles. The standard InChI is InChI=1S/C28H24Cl2F3N3O2/c29-24-9-7-19(14-23(24)28(31,32)33)20-6-8-22(25(30)15-20)27(38)36-16-21(17-36)34-10-12-35(13-11-34)26(37)18-4-2-1-3-5-18/h1-9,14-15,21H,10-13,16-17H2. The Morgan fingerprint density at radius 3 is 2.00 bits per heavy atom. The van der Waals surface area contributed by atoms with Crippen LogP contribution in [0, 0.1) is 0 Å². The van der Waals surface area contributed by atoms with Gasteiger partial charge in [0.25, 0.3) is 11.8 Å². The van der Waals surface area contributed by atoms with Gasteiger partial charge in [0.1, 0.15) is 0 Å². The van der Waals surface area contributed by atoms with Crippen LogP contribution < -0.4 is 0 Å². The average molecular weight is 562 g/mol. The smallest absolute Gasteiger partial charge is 0.336 e. The van der Waals surface area contributed by atoms with Gasteiger partial charge in [-0.3, -0.25) is 14.5 Å². The predicted octanol–water partition coefficient (Wildman–Crippen LogP) is 5.96. The minimum atomic E-state index is -4.58. The molecule has 2 heterocycles. The first-order chi connectivity index (χ1) is 18.1. The number of nitrogens with zero attached hydrogens (tertiary/aromatic N) is 3. The number of hydrogen-bond donors (Lipinski definition) is 0. The van der Waals surface area contributed by atoms with Gasteiger partial charge in [0.05, 0.1) is 21.2 Å². The minimum Gasteiger partial charge on any atom is -0.336 e. The van der Waals surface area contributed by atoms with Crippen LogP contribution in [0.1, 0.15) is 26.3 Å². The minimum absolute atomic E-state index is 0.0296. The van der Waals surface area contributed by atoms with Gasteiger partial charge >= 0.3 is 6.18 Å². The van der Waals surface area contributed by atoms with Gasteiger partial charge < -0.3 is 9.80 Å². The fourth-order valence-corrected chi connectivity index (χ4v) is 5.35. The Balaban J connectivity index is 1.18. The highest BCUT2D eigenvalue weighted by Crippen LogP contribution is 2.38. The molecular formula is C28H24Cl2F3N3O2. The molecule has 2 amide bonds. The Hall–Kier alpha value is -3.07. The molecule has 2 saturated heterocycles. The van der Waals surface area contributed by atoms with Gasteiger partial charge in [-0.25, -0.2) is 0 Å². The van der Waals surface area contributed by atoms with E-state index in [0.717, 1.165) is 19.2 Å². The van der Waals surface area contributed by atoms with Crippen LogP contribution in [0.5, 0.6) is 0 Å². The highest BCUT2D eigenvalue weighted by atomic mass is 35.5. The van der Waals surface area contributed by atoms with E-state index in [4.69, 9.17) is 23.2 Å². The number of piperazine rings is 1. The highest BCUT2D eigenvalue weighted by Gasteiger charge is 2.37. The van der Waals surface area contributed by atoms with Gasteiger partial charge in [0.2, 0.25) is 0 Å². The number of alkyl halides is 3. The first-order valence-corrected chi connectivity index (χ1v) is 12.9. The van der Waals surface area contributed by atoms with Gasteiger partial charge in [-0.05, 0) is 47.5 Å². The summed E-state index contributed by atoms with van der Waals surface area (Å²) in [5, 5.41) is -0.205. The van der Waals surface area contributed by atoms with E-state index in [1.165, 1.54) is 18.2 Å². The number of rotatable bonds is 4. The predicted molar refractivity (Wildman–Crippen MR) is 141 cm³/mol. The first-order valence-electron chi connectivity index (χ1n) is 12.2. The molecule has 198 valence electrons. The zero-order valence-electron chi connectivity index (χ0n) is 20.2. The second kappa shape index (κ2) is 10.6. The third kappa shape index (κ3) is 5.39.